The molecule has 0 aliphatic carbocycles. The van der Waals surface area contributed by atoms with Gasteiger partial charge in [0.2, 0.25) is 0 Å². The topological polar surface area (TPSA) is 123 Å². The van der Waals surface area contributed by atoms with E-state index in [-0.39, 0.29) is 22.2 Å². The Morgan fingerprint density at radius 3 is 2.45 bits per heavy atom. The molecule has 0 bridgehead atoms. The SMILES string of the molecule is CC(C)(C)OC(=O)CCCCCc1cccc(S(=O)(=O)Nc2ccc(C(=O)O)cn2)c1. The number of nitrogens with one attached hydrogen (secondary N) is 1. The normalized spacial score (nSPS) is 11.7. The highest BCUT2D eigenvalue weighted by atomic mass is 32.2. The van der Waals surface area contributed by atoms with Gasteiger partial charge in [0.25, 0.3) is 10.0 Å². The molecule has 0 aliphatic heterocycles. The van der Waals surface area contributed by atoms with E-state index in [9.17, 15) is 18.0 Å². The van der Waals surface area contributed by atoms with Crippen molar-refractivity contribution in [1.82, 2.24) is 4.98 Å². The number of unbranched alkanes of at least 4 members (excludes halogenated alkanes) is 2. The van der Waals surface area contributed by atoms with E-state index in [0.29, 0.717) is 19.3 Å². The first-order valence-electron chi connectivity index (χ1n) is 9.99. The number of hydrogen-bond donors (Lipinski definition) is 2. The smallest absolute Gasteiger partial charge is 0.337 e. The van der Waals surface area contributed by atoms with E-state index in [1.807, 2.05) is 26.8 Å². The summed E-state index contributed by atoms with van der Waals surface area (Å²) in [6, 6.07) is 9.19. The Kier molecular flexibility index (Phi) is 8.15. The maximum absolute atomic E-state index is 12.6. The van der Waals surface area contributed by atoms with Crippen molar-refractivity contribution in [3.05, 3.63) is 53.7 Å². The van der Waals surface area contributed by atoms with E-state index < -0.39 is 21.6 Å². The number of esters is 1. The first-order chi connectivity index (χ1) is 14.5. The third-order valence-corrected chi connectivity index (χ3v) is 5.58. The number of anilines is 1. The molecule has 168 valence electrons. The van der Waals surface area contributed by atoms with Gasteiger partial charge in [-0.05, 0) is 69.9 Å². The van der Waals surface area contributed by atoms with Crippen LogP contribution in [0, 0.1) is 0 Å². The molecule has 0 atom stereocenters. The fraction of sp³-hybridized carbons (Fsp3) is 0.409. The Morgan fingerprint density at radius 2 is 1.84 bits per heavy atom. The molecule has 0 amide bonds. The lowest BCUT2D eigenvalue weighted by Gasteiger charge is -2.19. The van der Waals surface area contributed by atoms with Crippen molar-refractivity contribution >= 4 is 27.8 Å². The number of carboxylic acid groups (broad SMARTS) is 1. The summed E-state index contributed by atoms with van der Waals surface area (Å²) >= 11 is 0. The van der Waals surface area contributed by atoms with Crippen LogP contribution in [0.3, 0.4) is 0 Å². The van der Waals surface area contributed by atoms with Gasteiger partial charge in [0, 0.05) is 12.6 Å². The van der Waals surface area contributed by atoms with Crippen molar-refractivity contribution in [2.24, 2.45) is 0 Å². The second-order valence-electron chi connectivity index (χ2n) is 8.14. The minimum Gasteiger partial charge on any atom is -0.478 e. The average molecular weight is 449 g/mol. The summed E-state index contributed by atoms with van der Waals surface area (Å²) < 4.78 is 32.9. The molecule has 0 aliphatic rings. The van der Waals surface area contributed by atoms with Crippen molar-refractivity contribution in [3.63, 3.8) is 0 Å². The van der Waals surface area contributed by atoms with Gasteiger partial charge in [-0.3, -0.25) is 9.52 Å². The predicted octanol–water partition coefficient (Wildman–Crippen LogP) is 4.03. The number of carbonyl (C=O) groups is 2. The van der Waals surface area contributed by atoms with Crippen molar-refractivity contribution < 1.29 is 27.9 Å². The Bertz CT molecular complexity index is 1010. The zero-order valence-electron chi connectivity index (χ0n) is 17.9. The van der Waals surface area contributed by atoms with Crippen LogP contribution in [0.15, 0.2) is 47.5 Å². The summed E-state index contributed by atoms with van der Waals surface area (Å²) in [4.78, 5) is 26.5. The molecule has 31 heavy (non-hydrogen) atoms. The molecule has 1 aromatic carbocycles. The van der Waals surface area contributed by atoms with Gasteiger partial charge in [-0.15, -0.1) is 0 Å². The lowest BCUT2D eigenvalue weighted by atomic mass is 10.1. The van der Waals surface area contributed by atoms with Gasteiger partial charge >= 0.3 is 11.9 Å². The van der Waals surface area contributed by atoms with Crippen LogP contribution >= 0.6 is 0 Å². The Morgan fingerprint density at radius 1 is 1.10 bits per heavy atom. The number of ether oxygens (including phenoxy) is 1. The second kappa shape index (κ2) is 10.4. The highest BCUT2D eigenvalue weighted by Crippen LogP contribution is 2.18. The monoisotopic (exact) mass is 448 g/mol. The van der Waals surface area contributed by atoms with E-state index in [1.165, 1.54) is 18.2 Å². The molecule has 9 heteroatoms. The Balaban J connectivity index is 1.89. The number of sulfonamides is 1. The van der Waals surface area contributed by atoms with Crippen LogP contribution in [0.5, 0.6) is 0 Å². The number of hydrogen-bond acceptors (Lipinski definition) is 6. The standard InChI is InChI=1S/C22H28N2O6S/c1-22(2,3)30-20(25)11-6-4-5-8-16-9-7-10-18(14-16)31(28,29)24-19-13-12-17(15-23-19)21(26)27/h7,9-10,12-15H,4-6,8,11H2,1-3H3,(H,23,24)(H,26,27). The average Bonchev–Trinajstić information content (AvgIpc) is 2.66. The third-order valence-electron chi connectivity index (χ3n) is 4.22. The molecule has 2 rings (SSSR count). The molecular formula is C22H28N2O6S. The third kappa shape index (κ3) is 8.37. The number of aromatic nitrogens is 1. The van der Waals surface area contributed by atoms with Crippen LogP contribution in [-0.4, -0.2) is 36.0 Å². The highest BCUT2D eigenvalue weighted by Gasteiger charge is 2.17. The molecule has 2 aromatic rings. The van der Waals surface area contributed by atoms with Gasteiger partial charge in [-0.2, -0.15) is 0 Å². The molecule has 2 N–H and O–H groups in total. The van der Waals surface area contributed by atoms with Crippen LogP contribution in [0.1, 0.15) is 62.4 Å². The maximum atomic E-state index is 12.6. The number of aromatic carboxylic acids is 1. The molecule has 0 spiro atoms. The van der Waals surface area contributed by atoms with E-state index in [1.54, 1.807) is 12.1 Å². The number of carbonyl (C=O) groups excluding carboxylic acids is 1. The van der Waals surface area contributed by atoms with E-state index in [4.69, 9.17) is 9.84 Å². The Hall–Kier alpha value is -2.94. The van der Waals surface area contributed by atoms with E-state index in [0.717, 1.165) is 24.6 Å². The molecule has 1 heterocycles. The van der Waals surface area contributed by atoms with Crippen molar-refractivity contribution in [1.29, 1.82) is 0 Å². The molecular weight excluding hydrogens is 420 g/mol. The van der Waals surface area contributed by atoms with Gasteiger partial charge in [0.1, 0.15) is 11.4 Å². The zero-order chi connectivity index (χ0) is 23.1. The number of pyridine rings is 1. The number of rotatable bonds is 10. The van der Waals surface area contributed by atoms with Gasteiger partial charge in [0.15, 0.2) is 0 Å². The lowest BCUT2D eigenvalue weighted by Crippen LogP contribution is -2.23. The second-order valence-corrected chi connectivity index (χ2v) is 9.82. The zero-order valence-corrected chi connectivity index (χ0v) is 18.7. The van der Waals surface area contributed by atoms with E-state index >= 15 is 0 Å². The summed E-state index contributed by atoms with van der Waals surface area (Å²) in [6.07, 6.45) is 4.50. The van der Waals surface area contributed by atoms with Crippen LogP contribution < -0.4 is 4.72 Å². The Labute approximate surface area is 182 Å². The number of carboxylic acids is 1. The van der Waals surface area contributed by atoms with Crippen LogP contribution in [0.25, 0.3) is 0 Å². The lowest BCUT2D eigenvalue weighted by molar-refractivity contribution is -0.154. The fourth-order valence-corrected chi connectivity index (χ4v) is 3.89. The summed E-state index contributed by atoms with van der Waals surface area (Å²) in [7, 11) is -3.85. The molecule has 0 fully saturated rings. The largest absolute Gasteiger partial charge is 0.478 e. The molecule has 0 saturated heterocycles. The molecule has 8 nitrogen and oxygen atoms in total. The summed E-state index contributed by atoms with van der Waals surface area (Å²) in [5.41, 5.74) is 0.358. The van der Waals surface area contributed by atoms with Crippen molar-refractivity contribution in [3.8, 4) is 0 Å². The quantitative estimate of drug-likeness (QED) is 0.415. The first-order valence-corrected chi connectivity index (χ1v) is 11.5. The van der Waals surface area contributed by atoms with Crippen molar-refractivity contribution in [2.45, 2.75) is 63.4 Å². The van der Waals surface area contributed by atoms with Crippen LogP contribution in [0.4, 0.5) is 5.82 Å². The number of nitrogens with zero attached hydrogens (tertiary/aromatic N) is 1. The van der Waals surface area contributed by atoms with E-state index in [2.05, 4.69) is 9.71 Å². The molecule has 0 saturated carbocycles. The molecule has 0 radical (unpaired) electrons. The summed E-state index contributed by atoms with van der Waals surface area (Å²) in [5.74, 6) is -1.31. The van der Waals surface area contributed by atoms with Gasteiger partial charge in [0.05, 0.1) is 10.5 Å². The number of benzene rings is 1. The van der Waals surface area contributed by atoms with Crippen LogP contribution in [-0.2, 0) is 26.0 Å². The molecule has 0 unspecified atom stereocenters. The number of aryl methyl sites for hydroxylation is 1. The van der Waals surface area contributed by atoms with Gasteiger partial charge in [-0.1, -0.05) is 18.6 Å². The van der Waals surface area contributed by atoms with Gasteiger partial charge in [-0.25, -0.2) is 18.2 Å². The minimum atomic E-state index is -3.85. The summed E-state index contributed by atoms with van der Waals surface area (Å²) in [5, 5.41) is 8.89. The predicted molar refractivity (Wildman–Crippen MR) is 116 cm³/mol. The highest BCUT2D eigenvalue weighted by molar-refractivity contribution is 7.92. The minimum absolute atomic E-state index is 0.0309. The first kappa shape index (κ1) is 24.3. The maximum Gasteiger partial charge on any atom is 0.337 e. The summed E-state index contributed by atoms with van der Waals surface area (Å²) in [6.45, 7) is 5.51. The van der Waals surface area contributed by atoms with Gasteiger partial charge < -0.3 is 9.84 Å². The van der Waals surface area contributed by atoms with Crippen LogP contribution in [0.2, 0.25) is 0 Å². The molecule has 1 aromatic heterocycles. The van der Waals surface area contributed by atoms with Crippen molar-refractivity contribution in [2.75, 3.05) is 4.72 Å². The fourth-order valence-electron chi connectivity index (χ4n) is 2.81.